The highest BCUT2D eigenvalue weighted by Crippen LogP contribution is 2.47. The SMILES string of the molecule is Cc1cc(C)c(O)c(C(c2cccc(C(c3cc(C)cc(C)c3O)c3cc(C)cc(C)c3O)c2)c2cc(C)cc(C)c2O)c1. The lowest BCUT2D eigenvalue weighted by molar-refractivity contribution is 0.454. The molecule has 0 fully saturated rings. The number of hydrogen-bond acceptors (Lipinski definition) is 4. The van der Waals surface area contributed by atoms with Crippen LogP contribution in [0.15, 0.2) is 72.8 Å². The number of aryl methyl sites for hydroxylation is 8. The molecule has 0 atom stereocenters. The molecule has 0 aliphatic heterocycles. The predicted octanol–water partition coefficient (Wildman–Crippen LogP) is 9.34. The van der Waals surface area contributed by atoms with Gasteiger partial charge in [0.25, 0.3) is 0 Å². The molecular weight excluding hydrogens is 544 g/mol. The van der Waals surface area contributed by atoms with Crippen LogP contribution in [0.2, 0.25) is 0 Å². The molecule has 4 nitrogen and oxygen atoms in total. The Kier molecular flexibility index (Phi) is 8.22. The quantitative estimate of drug-likeness (QED) is 0.149. The summed E-state index contributed by atoms with van der Waals surface area (Å²) in [5.74, 6) is -0.179. The van der Waals surface area contributed by atoms with E-state index >= 15 is 0 Å². The standard InChI is InChI=1S/C40H42O4/c1-21-12-25(5)37(41)31(16-21)35(32-17-22(2)13-26(6)38(32)42)29-10-9-11-30(20-29)36(33-18-23(3)14-27(7)39(33)43)34-19-24(4)15-28(8)40(34)44/h9-20,35-36,41-44H,1-8H3. The first-order valence-corrected chi connectivity index (χ1v) is 15.1. The van der Waals surface area contributed by atoms with Gasteiger partial charge in [0.15, 0.2) is 0 Å². The fourth-order valence-corrected chi connectivity index (χ4v) is 6.82. The molecule has 0 heterocycles. The summed E-state index contributed by atoms with van der Waals surface area (Å²) < 4.78 is 0. The third kappa shape index (κ3) is 5.65. The minimum atomic E-state index is -0.478. The average Bonchev–Trinajstić information content (AvgIpc) is 2.95. The molecule has 0 aliphatic carbocycles. The zero-order valence-corrected chi connectivity index (χ0v) is 26.9. The molecule has 0 saturated carbocycles. The molecule has 0 aromatic heterocycles. The number of rotatable bonds is 6. The van der Waals surface area contributed by atoms with Crippen LogP contribution in [0.5, 0.6) is 23.0 Å². The Morgan fingerprint density at radius 1 is 0.364 bits per heavy atom. The van der Waals surface area contributed by atoms with Crippen LogP contribution in [0.1, 0.15) is 89.7 Å². The topological polar surface area (TPSA) is 80.9 Å². The summed E-state index contributed by atoms with van der Waals surface area (Å²) in [6.45, 7) is 15.6. The molecule has 0 unspecified atom stereocenters. The van der Waals surface area contributed by atoms with Crippen LogP contribution in [0.3, 0.4) is 0 Å². The van der Waals surface area contributed by atoms with Crippen molar-refractivity contribution < 1.29 is 20.4 Å². The second-order valence-electron chi connectivity index (χ2n) is 12.6. The highest BCUT2D eigenvalue weighted by molar-refractivity contribution is 5.61. The number of benzene rings is 5. The minimum Gasteiger partial charge on any atom is -0.507 e. The third-order valence-corrected chi connectivity index (χ3v) is 8.72. The first-order chi connectivity index (χ1) is 20.8. The van der Waals surface area contributed by atoms with Crippen LogP contribution in [0, 0.1) is 55.4 Å². The molecule has 0 aliphatic rings. The van der Waals surface area contributed by atoms with E-state index in [9.17, 15) is 20.4 Å². The smallest absolute Gasteiger partial charge is 0.122 e. The minimum absolute atomic E-state index is 0.194. The van der Waals surface area contributed by atoms with Crippen molar-refractivity contribution >= 4 is 0 Å². The van der Waals surface area contributed by atoms with Crippen molar-refractivity contribution in [3.63, 3.8) is 0 Å². The van der Waals surface area contributed by atoms with Gasteiger partial charge in [-0.05, 0) is 88.8 Å². The summed E-state index contributed by atoms with van der Waals surface area (Å²) in [4.78, 5) is 0. The number of aromatic hydroxyl groups is 4. The van der Waals surface area contributed by atoms with E-state index in [2.05, 4.69) is 6.07 Å². The molecule has 5 rings (SSSR count). The Hall–Kier alpha value is -4.70. The molecule has 5 aromatic rings. The third-order valence-electron chi connectivity index (χ3n) is 8.72. The van der Waals surface area contributed by atoms with Gasteiger partial charge in [-0.3, -0.25) is 0 Å². The van der Waals surface area contributed by atoms with Gasteiger partial charge < -0.3 is 20.4 Å². The van der Waals surface area contributed by atoms with Gasteiger partial charge in [-0.15, -0.1) is 0 Å². The van der Waals surface area contributed by atoms with E-state index in [1.165, 1.54) is 0 Å². The maximum absolute atomic E-state index is 11.4. The van der Waals surface area contributed by atoms with E-state index in [1.54, 1.807) is 0 Å². The molecular formula is C40H42O4. The van der Waals surface area contributed by atoms with Crippen molar-refractivity contribution in [2.45, 2.75) is 67.2 Å². The van der Waals surface area contributed by atoms with Crippen LogP contribution in [0.25, 0.3) is 0 Å². The van der Waals surface area contributed by atoms with Crippen LogP contribution in [-0.2, 0) is 0 Å². The Bertz CT molecular complexity index is 1650. The maximum Gasteiger partial charge on any atom is 0.122 e. The lowest BCUT2D eigenvalue weighted by Crippen LogP contribution is -2.10. The Morgan fingerprint density at radius 3 is 0.864 bits per heavy atom. The predicted molar refractivity (Wildman–Crippen MR) is 179 cm³/mol. The zero-order chi connectivity index (χ0) is 32.0. The normalized spacial score (nSPS) is 11.5. The van der Waals surface area contributed by atoms with Crippen LogP contribution in [-0.4, -0.2) is 20.4 Å². The van der Waals surface area contributed by atoms with Gasteiger partial charge in [0.1, 0.15) is 23.0 Å². The van der Waals surface area contributed by atoms with Crippen molar-refractivity contribution in [2.75, 3.05) is 0 Å². The number of hydrogen-bond donors (Lipinski definition) is 4. The molecule has 44 heavy (non-hydrogen) atoms. The largest absolute Gasteiger partial charge is 0.507 e. The molecule has 5 aromatic carbocycles. The second-order valence-corrected chi connectivity index (χ2v) is 12.6. The first kappa shape index (κ1) is 30.7. The lowest BCUT2D eigenvalue weighted by atomic mass is 9.78. The lowest BCUT2D eigenvalue weighted by Gasteiger charge is -2.27. The zero-order valence-electron chi connectivity index (χ0n) is 26.9. The van der Waals surface area contributed by atoms with E-state index in [4.69, 9.17) is 0 Å². The fraction of sp³-hybridized carbons (Fsp3) is 0.250. The van der Waals surface area contributed by atoms with Gasteiger partial charge >= 0.3 is 0 Å². The molecule has 4 N–H and O–H groups in total. The fourth-order valence-electron chi connectivity index (χ4n) is 6.82. The molecule has 0 radical (unpaired) electrons. The van der Waals surface area contributed by atoms with Crippen LogP contribution < -0.4 is 0 Å². The van der Waals surface area contributed by atoms with E-state index < -0.39 is 11.8 Å². The van der Waals surface area contributed by atoms with Crippen molar-refractivity contribution in [2.24, 2.45) is 0 Å². The van der Waals surface area contributed by atoms with E-state index in [0.717, 1.165) is 55.6 Å². The summed E-state index contributed by atoms with van der Waals surface area (Å²) >= 11 is 0. The number of phenolic OH excluding ortho intramolecular Hbond substituents is 4. The molecule has 0 bridgehead atoms. The Morgan fingerprint density at radius 2 is 0.614 bits per heavy atom. The van der Waals surface area contributed by atoms with E-state index in [0.29, 0.717) is 22.3 Å². The van der Waals surface area contributed by atoms with Crippen LogP contribution >= 0.6 is 0 Å². The Balaban J connectivity index is 1.84. The Labute approximate surface area is 260 Å². The monoisotopic (exact) mass is 586 g/mol. The van der Waals surface area contributed by atoms with E-state index in [-0.39, 0.29) is 23.0 Å². The maximum atomic E-state index is 11.4. The summed E-state index contributed by atoms with van der Waals surface area (Å²) in [6.07, 6.45) is 0. The van der Waals surface area contributed by atoms with Gasteiger partial charge in [0.05, 0.1) is 0 Å². The van der Waals surface area contributed by atoms with Gasteiger partial charge in [-0.1, -0.05) is 95.1 Å². The van der Waals surface area contributed by atoms with Gasteiger partial charge in [-0.2, -0.15) is 0 Å². The summed E-state index contributed by atoms with van der Waals surface area (Å²) in [7, 11) is 0. The van der Waals surface area contributed by atoms with Crippen molar-refractivity contribution in [1.29, 1.82) is 0 Å². The molecule has 0 amide bonds. The number of phenols is 4. The molecule has 226 valence electrons. The van der Waals surface area contributed by atoms with Crippen molar-refractivity contribution in [3.05, 3.63) is 151 Å². The van der Waals surface area contributed by atoms with Crippen molar-refractivity contribution in [3.8, 4) is 23.0 Å². The highest BCUT2D eigenvalue weighted by Gasteiger charge is 2.29. The molecule has 0 spiro atoms. The van der Waals surface area contributed by atoms with Crippen LogP contribution in [0.4, 0.5) is 0 Å². The first-order valence-electron chi connectivity index (χ1n) is 15.1. The summed E-state index contributed by atoms with van der Waals surface area (Å²) in [5.41, 5.74) is 11.7. The average molecular weight is 587 g/mol. The van der Waals surface area contributed by atoms with Gasteiger partial charge in [0, 0.05) is 34.1 Å². The van der Waals surface area contributed by atoms with E-state index in [1.807, 2.05) is 122 Å². The molecule has 4 heteroatoms. The van der Waals surface area contributed by atoms with Gasteiger partial charge in [-0.25, -0.2) is 0 Å². The second kappa shape index (κ2) is 11.8. The summed E-state index contributed by atoms with van der Waals surface area (Å²) in [5, 5.41) is 45.7. The van der Waals surface area contributed by atoms with Gasteiger partial charge in [0.2, 0.25) is 0 Å². The summed E-state index contributed by atoms with van der Waals surface area (Å²) in [6, 6.07) is 23.8. The van der Waals surface area contributed by atoms with Crippen molar-refractivity contribution in [1.82, 2.24) is 0 Å². The highest BCUT2D eigenvalue weighted by atomic mass is 16.3. The molecule has 0 saturated heterocycles.